The van der Waals surface area contributed by atoms with Crippen molar-refractivity contribution in [2.24, 2.45) is 0 Å². The zero-order valence-corrected chi connectivity index (χ0v) is 20.4. The van der Waals surface area contributed by atoms with E-state index < -0.39 is 0 Å². The molecule has 0 radical (unpaired) electrons. The lowest BCUT2D eigenvalue weighted by Crippen LogP contribution is -2.18. The molecule has 0 aromatic heterocycles. The van der Waals surface area contributed by atoms with Gasteiger partial charge in [-0.05, 0) is 65.9 Å². The number of aryl methyl sites for hydroxylation is 1. The highest BCUT2D eigenvalue weighted by Crippen LogP contribution is 2.32. The number of hydrogen-bond donors (Lipinski definition) is 3. The molecule has 3 N–H and O–H groups in total. The number of benzene rings is 3. The molecule has 3 aromatic rings. The topological polar surface area (TPSA) is 60.7 Å². The van der Waals surface area contributed by atoms with Crippen molar-refractivity contribution in [3.8, 4) is 17.2 Å². The van der Waals surface area contributed by atoms with Crippen LogP contribution in [0.2, 0.25) is 0 Å². The minimum absolute atomic E-state index is 0.151. The van der Waals surface area contributed by atoms with Gasteiger partial charge in [-0.1, -0.05) is 95.7 Å². The Hall–Kier alpha value is -2.94. The van der Waals surface area contributed by atoms with Gasteiger partial charge in [-0.2, -0.15) is 0 Å². The van der Waals surface area contributed by atoms with Crippen molar-refractivity contribution >= 4 is 0 Å². The Morgan fingerprint density at radius 2 is 0.879 bits per heavy atom. The second-order valence-corrected chi connectivity index (χ2v) is 9.26. The van der Waals surface area contributed by atoms with Crippen molar-refractivity contribution in [3.05, 3.63) is 89.5 Å². The number of aromatic hydroxyl groups is 3. The predicted molar refractivity (Wildman–Crippen MR) is 138 cm³/mol. The molecule has 3 aromatic carbocycles. The van der Waals surface area contributed by atoms with Crippen LogP contribution in [-0.4, -0.2) is 15.3 Å². The van der Waals surface area contributed by atoms with Crippen molar-refractivity contribution in [3.63, 3.8) is 0 Å². The van der Waals surface area contributed by atoms with Gasteiger partial charge in [-0.25, -0.2) is 0 Å². The molecular weight excluding hydrogens is 408 g/mol. The molecule has 0 aliphatic heterocycles. The second kappa shape index (κ2) is 13.6. The molecule has 0 atom stereocenters. The first-order valence-corrected chi connectivity index (χ1v) is 12.2. The van der Waals surface area contributed by atoms with Gasteiger partial charge in [0.05, 0.1) is 0 Å². The summed E-state index contributed by atoms with van der Waals surface area (Å²) in [5.41, 5.74) is 3.44. The van der Waals surface area contributed by atoms with E-state index in [4.69, 9.17) is 5.11 Å². The Labute approximate surface area is 199 Å². The molecule has 0 unspecified atom stereocenters. The summed E-state index contributed by atoms with van der Waals surface area (Å²) in [4.78, 5) is 0. The fourth-order valence-corrected chi connectivity index (χ4v) is 3.87. The Balaban J connectivity index is 0.000000234. The third kappa shape index (κ3) is 9.21. The van der Waals surface area contributed by atoms with Gasteiger partial charge in [-0.3, -0.25) is 0 Å². The van der Waals surface area contributed by atoms with Gasteiger partial charge in [0.25, 0.3) is 0 Å². The van der Waals surface area contributed by atoms with Crippen LogP contribution >= 0.6 is 0 Å². The van der Waals surface area contributed by atoms with E-state index in [1.54, 1.807) is 36.4 Å². The summed E-state index contributed by atoms with van der Waals surface area (Å²) in [6, 6.07) is 22.0. The Morgan fingerprint density at radius 3 is 1.30 bits per heavy atom. The average Bonchev–Trinajstić information content (AvgIpc) is 2.81. The first-order chi connectivity index (χ1) is 15.8. The fraction of sp³-hybridized carbons (Fsp3) is 0.400. The number of phenols is 3. The molecular formula is C30H40O3. The molecule has 0 heterocycles. The minimum Gasteiger partial charge on any atom is -0.508 e. The van der Waals surface area contributed by atoms with E-state index in [0.717, 1.165) is 17.5 Å². The monoisotopic (exact) mass is 448 g/mol. The molecule has 0 bridgehead atoms. The van der Waals surface area contributed by atoms with E-state index in [2.05, 4.69) is 20.8 Å². The fourth-order valence-electron chi connectivity index (χ4n) is 3.87. The summed E-state index contributed by atoms with van der Waals surface area (Å²) in [6.45, 7) is 6.49. The maximum atomic E-state index is 9.30. The van der Waals surface area contributed by atoms with Crippen LogP contribution in [0.25, 0.3) is 0 Å². The first-order valence-electron chi connectivity index (χ1n) is 12.2. The van der Waals surface area contributed by atoms with Crippen molar-refractivity contribution in [2.75, 3.05) is 0 Å². The third-order valence-electron chi connectivity index (χ3n) is 6.18. The van der Waals surface area contributed by atoms with Crippen LogP contribution in [0.5, 0.6) is 17.2 Å². The quantitative estimate of drug-likeness (QED) is 0.274. The lowest BCUT2D eigenvalue weighted by atomic mass is 9.78. The third-order valence-corrected chi connectivity index (χ3v) is 6.18. The average molecular weight is 449 g/mol. The predicted octanol–water partition coefficient (Wildman–Crippen LogP) is 8.11. The van der Waals surface area contributed by atoms with Gasteiger partial charge in [0.15, 0.2) is 0 Å². The molecule has 0 fully saturated rings. The maximum Gasteiger partial charge on any atom is 0.115 e. The van der Waals surface area contributed by atoms with Gasteiger partial charge >= 0.3 is 0 Å². The summed E-state index contributed by atoms with van der Waals surface area (Å²) < 4.78 is 0. The zero-order chi connectivity index (χ0) is 24.1. The largest absolute Gasteiger partial charge is 0.508 e. The van der Waals surface area contributed by atoms with Crippen LogP contribution in [0.1, 0.15) is 82.4 Å². The van der Waals surface area contributed by atoms with E-state index in [1.165, 1.54) is 50.5 Å². The molecule has 33 heavy (non-hydrogen) atoms. The zero-order valence-electron chi connectivity index (χ0n) is 20.4. The first kappa shape index (κ1) is 26.3. The Bertz CT molecular complexity index is 863. The van der Waals surface area contributed by atoms with Crippen LogP contribution in [0.3, 0.4) is 0 Å². The summed E-state index contributed by atoms with van der Waals surface area (Å²) >= 11 is 0. The highest BCUT2D eigenvalue weighted by atomic mass is 16.3. The second-order valence-electron chi connectivity index (χ2n) is 9.26. The molecule has 3 heteroatoms. The smallest absolute Gasteiger partial charge is 0.115 e. The van der Waals surface area contributed by atoms with E-state index in [9.17, 15) is 10.2 Å². The summed E-state index contributed by atoms with van der Waals surface area (Å²) in [6.07, 6.45) is 10.6. The molecule has 0 amide bonds. The number of unbranched alkanes of at least 4 members (excludes halogenated alkanes) is 6. The van der Waals surface area contributed by atoms with Gasteiger partial charge < -0.3 is 15.3 Å². The summed E-state index contributed by atoms with van der Waals surface area (Å²) in [7, 11) is 0. The Kier molecular flexibility index (Phi) is 10.8. The van der Waals surface area contributed by atoms with Crippen molar-refractivity contribution < 1.29 is 15.3 Å². The Morgan fingerprint density at radius 1 is 0.515 bits per heavy atom. The highest BCUT2D eigenvalue weighted by molar-refractivity contribution is 5.41. The van der Waals surface area contributed by atoms with Gasteiger partial charge in [-0.15, -0.1) is 0 Å². The lowest BCUT2D eigenvalue weighted by molar-refractivity contribution is 0.473. The minimum atomic E-state index is -0.151. The van der Waals surface area contributed by atoms with Gasteiger partial charge in [0, 0.05) is 5.41 Å². The van der Waals surface area contributed by atoms with E-state index >= 15 is 0 Å². The molecule has 0 saturated heterocycles. The molecule has 178 valence electrons. The van der Waals surface area contributed by atoms with Crippen LogP contribution < -0.4 is 0 Å². The van der Waals surface area contributed by atoms with Crippen molar-refractivity contribution in [1.82, 2.24) is 0 Å². The van der Waals surface area contributed by atoms with Crippen LogP contribution in [-0.2, 0) is 11.8 Å². The maximum absolute atomic E-state index is 9.30. The van der Waals surface area contributed by atoms with Crippen LogP contribution in [0.15, 0.2) is 72.8 Å². The van der Waals surface area contributed by atoms with Crippen LogP contribution in [0, 0.1) is 0 Å². The van der Waals surface area contributed by atoms with Crippen LogP contribution in [0.4, 0.5) is 0 Å². The molecule has 3 rings (SSSR count). The van der Waals surface area contributed by atoms with E-state index in [-0.39, 0.29) is 16.9 Å². The number of hydrogen-bond acceptors (Lipinski definition) is 3. The number of rotatable bonds is 10. The molecule has 0 aliphatic carbocycles. The normalized spacial score (nSPS) is 11.0. The van der Waals surface area contributed by atoms with Gasteiger partial charge in [0.2, 0.25) is 0 Å². The number of phenolic OH excluding ortho intramolecular Hbond substituents is 3. The molecule has 0 aliphatic rings. The summed E-state index contributed by atoms with van der Waals surface area (Å²) in [5.74, 6) is 0.911. The summed E-state index contributed by atoms with van der Waals surface area (Å²) in [5, 5.41) is 27.7. The molecule has 0 spiro atoms. The van der Waals surface area contributed by atoms with Crippen molar-refractivity contribution in [1.29, 1.82) is 0 Å². The van der Waals surface area contributed by atoms with Gasteiger partial charge in [0.1, 0.15) is 17.2 Å². The van der Waals surface area contributed by atoms with E-state index in [1.807, 2.05) is 36.4 Å². The standard InChI is InChI=1S/C15H16O2.C15H24O/c1-15(2,11-3-7-13(16)8-4-11)12-5-9-14(17)10-6-12;1-2-3-4-5-6-7-8-9-14-10-12-15(16)13-11-14/h3-10,16-17H,1-2H3;10-13,16H,2-9H2,1H3. The molecule has 0 saturated carbocycles. The highest BCUT2D eigenvalue weighted by Gasteiger charge is 2.22. The SMILES string of the molecule is CC(C)(c1ccc(O)cc1)c1ccc(O)cc1.CCCCCCCCCc1ccc(O)cc1. The molecule has 3 nitrogen and oxygen atoms in total. The van der Waals surface area contributed by atoms with Crippen molar-refractivity contribution in [2.45, 2.75) is 77.6 Å². The lowest BCUT2D eigenvalue weighted by Gasteiger charge is -2.26. The van der Waals surface area contributed by atoms with E-state index in [0.29, 0.717) is 5.75 Å².